The van der Waals surface area contributed by atoms with Crippen LogP contribution in [0, 0.1) is 11.8 Å². The third-order valence-corrected chi connectivity index (χ3v) is 3.96. The Kier molecular flexibility index (Phi) is 5.29. The number of hydrogen-bond acceptors (Lipinski definition) is 4. The number of carbonyl (C=O) groups excluding carboxylic acids is 1. The molecule has 7 heteroatoms. The molecular formula is C13H22F2N2O3. The first kappa shape index (κ1) is 15.6. The second kappa shape index (κ2) is 6.78. The van der Waals surface area contributed by atoms with Crippen molar-refractivity contribution in [2.45, 2.75) is 18.8 Å². The molecule has 1 unspecified atom stereocenters. The molecule has 0 aromatic rings. The molecule has 1 amide bonds. The summed E-state index contributed by atoms with van der Waals surface area (Å²) in [4.78, 5) is 13.7. The van der Waals surface area contributed by atoms with Crippen LogP contribution in [-0.4, -0.2) is 62.8 Å². The lowest BCUT2D eigenvalue weighted by Crippen LogP contribution is -2.48. The van der Waals surface area contributed by atoms with E-state index in [4.69, 9.17) is 15.2 Å². The maximum atomic E-state index is 13.5. The Morgan fingerprint density at radius 3 is 2.65 bits per heavy atom. The molecule has 116 valence electrons. The van der Waals surface area contributed by atoms with Crippen molar-refractivity contribution in [1.29, 1.82) is 0 Å². The molecule has 0 bridgehead atoms. The van der Waals surface area contributed by atoms with Gasteiger partial charge in [0.2, 0.25) is 5.91 Å². The van der Waals surface area contributed by atoms with Crippen LogP contribution in [0.4, 0.5) is 8.78 Å². The summed E-state index contributed by atoms with van der Waals surface area (Å²) in [7, 11) is 0. The number of rotatable bonds is 3. The van der Waals surface area contributed by atoms with Gasteiger partial charge >= 0.3 is 0 Å². The van der Waals surface area contributed by atoms with Crippen molar-refractivity contribution < 1.29 is 23.0 Å². The number of ether oxygens (including phenoxy) is 2. The van der Waals surface area contributed by atoms with Crippen molar-refractivity contribution in [2.24, 2.45) is 17.6 Å². The summed E-state index contributed by atoms with van der Waals surface area (Å²) >= 11 is 0. The zero-order chi connectivity index (χ0) is 14.6. The van der Waals surface area contributed by atoms with Gasteiger partial charge in [-0.05, 0) is 18.8 Å². The van der Waals surface area contributed by atoms with Gasteiger partial charge in [-0.25, -0.2) is 8.78 Å². The van der Waals surface area contributed by atoms with E-state index in [0.29, 0.717) is 13.2 Å². The molecule has 0 spiro atoms. The molecule has 5 nitrogen and oxygen atoms in total. The fourth-order valence-electron chi connectivity index (χ4n) is 2.84. The highest BCUT2D eigenvalue weighted by Crippen LogP contribution is 2.27. The molecule has 2 fully saturated rings. The lowest BCUT2D eigenvalue weighted by Gasteiger charge is -2.33. The Morgan fingerprint density at radius 1 is 1.30 bits per heavy atom. The molecule has 0 aromatic carbocycles. The first-order valence-electron chi connectivity index (χ1n) is 7.05. The summed E-state index contributed by atoms with van der Waals surface area (Å²) in [5, 5.41) is 0. The van der Waals surface area contributed by atoms with Crippen LogP contribution in [0.15, 0.2) is 0 Å². The van der Waals surface area contributed by atoms with Gasteiger partial charge in [0.1, 0.15) is 6.61 Å². The van der Waals surface area contributed by atoms with Crippen LogP contribution in [0.2, 0.25) is 0 Å². The van der Waals surface area contributed by atoms with Crippen LogP contribution in [0.5, 0.6) is 0 Å². The molecule has 2 aliphatic heterocycles. The second-order valence-corrected chi connectivity index (χ2v) is 5.46. The van der Waals surface area contributed by atoms with E-state index in [1.54, 1.807) is 0 Å². The van der Waals surface area contributed by atoms with Crippen LogP contribution >= 0.6 is 0 Å². The van der Waals surface area contributed by atoms with Gasteiger partial charge < -0.3 is 20.1 Å². The van der Waals surface area contributed by atoms with Gasteiger partial charge in [0.25, 0.3) is 5.92 Å². The zero-order valence-electron chi connectivity index (χ0n) is 11.5. The van der Waals surface area contributed by atoms with E-state index < -0.39 is 25.0 Å². The van der Waals surface area contributed by atoms with Crippen molar-refractivity contribution in [1.82, 2.24) is 4.90 Å². The molecule has 0 radical (unpaired) electrons. The molecule has 2 heterocycles. The smallest absolute Gasteiger partial charge is 0.288 e. The minimum absolute atomic E-state index is 0.124. The number of nitrogens with two attached hydrogens (primary N) is 1. The SMILES string of the molecule is NCC(C(=O)N1CCOCC(F)(F)C1)C1CCOCC1. The summed E-state index contributed by atoms with van der Waals surface area (Å²) in [6.45, 7) is 0.543. The fraction of sp³-hybridized carbons (Fsp3) is 0.923. The van der Waals surface area contributed by atoms with E-state index in [-0.39, 0.29) is 31.5 Å². The van der Waals surface area contributed by atoms with Gasteiger partial charge in [0.05, 0.1) is 19.1 Å². The highest BCUT2D eigenvalue weighted by molar-refractivity contribution is 5.79. The molecule has 2 rings (SSSR count). The van der Waals surface area contributed by atoms with Gasteiger partial charge in [0, 0.05) is 26.3 Å². The Bertz CT molecular complexity index is 336. The van der Waals surface area contributed by atoms with Crippen LogP contribution in [-0.2, 0) is 14.3 Å². The molecule has 1 atom stereocenters. The van der Waals surface area contributed by atoms with Crippen LogP contribution in [0.3, 0.4) is 0 Å². The highest BCUT2D eigenvalue weighted by Gasteiger charge is 2.39. The molecule has 2 saturated heterocycles. The predicted molar refractivity (Wildman–Crippen MR) is 68.4 cm³/mol. The third kappa shape index (κ3) is 3.86. The topological polar surface area (TPSA) is 64.8 Å². The summed E-state index contributed by atoms with van der Waals surface area (Å²) in [5.74, 6) is -3.53. The third-order valence-electron chi connectivity index (χ3n) is 3.96. The Hall–Kier alpha value is -0.790. The monoisotopic (exact) mass is 292 g/mol. The first-order valence-corrected chi connectivity index (χ1v) is 7.05. The molecule has 0 aromatic heterocycles. The Labute approximate surface area is 117 Å². The summed E-state index contributed by atoms with van der Waals surface area (Å²) in [5.41, 5.74) is 5.71. The number of amides is 1. The van der Waals surface area contributed by atoms with Crippen molar-refractivity contribution in [3.05, 3.63) is 0 Å². The number of halogens is 2. The average molecular weight is 292 g/mol. The summed E-state index contributed by atoms with van der Waals surface area (Å²) < 4.78 is 37.1. The summed E-state index contributed by atoms with van der Waals surface area (Å²) in [6, 6.07) is 0. The first-order chi connectivity index (χ1) is 9.53. The molecular weight excluding hydrogens is 270 g/mol. The van der Waals surface area contributed by atoms with Crippen molar-refractivity contribution in [3.8, 4) is 0 Å². The van der Waals surface area contributed by atoms with Gasteiger partial charge in [-0.3, -0.25) is 4.79 Å². The maximum Gasteiger partial charge on any atom is 0.288 e. The standard InChI is InChI=1S/C13H22F2N2O3/c14-13(15)8-17(3-6-20-9-13)12(18)11(7-16)10-1-4-19-5-2-10/h10-11H,1-9,16H2. The molecule has 20 heavy (non-hydrogen) atoms. The Morgan fingerprint density at radius 2 is 2.00 bits per heavy atom. The number of hydrogen-bond donors (Lipinski definition) is 1. The van der Waals surface area contributed by atoms with E-state index >= 15 is 0 Å². The van der Waals surface area contributed by atoms with Gasteiger partial charge in [-0.2, -0.15) is 0 Å². The van der Waals surface area contributed by atoms with E-state index in [2.05, 4.69) is 0 Å². The predicted octanol–water partition coefficient (Wildman–Crippen LogP) is 0.482. The van der Waals surface area contributed by atoms with Crippen LogP contribution < -0.4 is 5.73 Å². The van der Waals surface area contributed by atoms with Crippen LogP contribution in [0.1, 0.15) is 12.8 Å². The molecule has 2 aliphatic rings. The lowest BCUT2D eigenvalue weighted by molar-refractivity contribution is -0.142. The summed E-state index contributed by atoms with van der Waals surface area (Å²) in [6.07, 6.45) is 1.52. The van der Waals surface area contributed by atoms with Gasteiger partial charge in [0.15, 0.2) is 0 Å². The molecule has 2 N–H and O–H groups in total. The number of carbonyl (C=O) groups is 1. The second-order valence-electron chi connectivity index (χ2n) is 5.46. The van der Waals surface area contributed by atoms with E-state index in [0.717, 1.165) is 12.8 Å². The normalized spacial score (nSPS) is 26.1. The van der Waals surface area contributed by atoms with E-state index in [1.807, 2.05) is 0 Å². The van der Waals surface area contributed by atoms with Gasteiger partial charge in [-0.15, -0.1) is 0 Å². The minimum atomic E-state index is -2.99. The van der Waals surface area contributed by atoms with Crippen molar-refractivity contribution in [2.75, 3.05) is 46.1 Å². The van der Waals surface area contributed by atoms with Gasteiger partial charge in [-0.1, -0.05) is 0 Å². The van der Waals surface area contributed by atoms with Crippen LogP contribution in [0.25, 0.3) is 0 Å². The quantitative estimate of drug-likeness (QED) is 0.822. The molecule has 0 saturated carbocycles. The largest absolute Gasteiger partial charge is 0.381 e. The number of alkyl halides is 2. The van der Waals surface area contributed by atoms with Crippen molar-refractivity contribution in [3.63, 3.8) is 0 Å². The highest BCUT2D eigenvalue weighted by atomic mass is 19.3. The Balaban J connectivity index is 2.02. The number of nitrogens with zero attached hydrogens (tertiary/aromatic N) is 1. The zero-order valence-corrected chi connectivity index (χ0v) is 11.5. The minimum Gasteiger partial charge on any atom is -0.381 e. The average Bonchev–Trinajstić information content (AvgIpc) is 2.61. The lowest BCUT2D eigenvalue weighted by atomic mass is 9.85. The fourth-order valence-corrected chi connectivity index (χ4v) is 2.84. The maximum absolute atomic E-state index is 13.5. The van der Waals surface area contributed by atoms with E-state index in [9.17, 15) is 13.6 Å². The van der Waals surface area contributed by atoms with E-state index in [1.165, 1.54) is 4.90 Å². The van der Waals surface area contributed by atoms with Crippen molar-refractivity contribution >= 4 is 5.91 Å². The molecule has 0 aliphatic carbocycles.